The van der Waals surface area contributed by atoms with Gasteiger partial charge in [-0.1, -0.05) is 23.2 Å². The number of halogens is 3. The van der Waals surface area contributed by atoms with Crippen molar-refractivity contribution in [1.82, 2.24) is 9.55 Å². The van der Waals surface area contributed by atoms with Crippen molar-refractivity contribution in [3.8, 4) is 5.69 Å². The number of H-pyrrole nitrogens is 1. The van der Waals surface area contributed by atoms with Gasteiger partial charge in [-0.05, 0) is 47.2 Å². The third-order valence-electron chi connectivity index (χ3n) is 2.22. The molecule has 1 aromatic heterocycles. The Bertz CT molecular complexity index is 603. The molecule has 2 aromatic rings. The molecule has 6 heteroatoms. The first kappa shape index (κ1) is 12.2. The number of nitrogens with zero attached hydrogens (tertiary/aromatic N) is 1. The molecule has 0 aliphatic rings. The normalized spacial score (nSPS) is 10.8. The number of aryl methyl sites for hydroxylation is 1. The molecule has 0 atom stereocenters. The predicted octanol–water partition coefficient (Wildman–Crippen LogP) is 4.91. The minimum atomic E-state index is 0.481. The second kappa shape index (κ2) is 4.53. The van der Waals surface area contributed by atoms with Crippen molar-refractivity contribution in [1.29, 1.82) is 0 Å². The fourth-order valence-corrected chi connectivity index (χ4v) is 2.60. The summed E-state index contributed by atoms with van der Waals surface area (Å²) >= 11 is 20.8. The van der Waals surface area contributed by atoms with E-state index in [0.717, 1.165) is 15.9 Å². The van der Waals surface area contributed by atoms with Crippen LogP contribution in [0, 0.1) is 11.7 Å². The van der Waals surface area contributed by atoms with E-state index < -0.39 is 0 Å². The second-order valence-electron chi connectivity index (χ2n) is 3.27. The van der Waals surface area contributed by atoms with Crippen LogP contribution < -0.4 is 0 Å². The van der Waals surface area contributed by atoms with Crippen LogP contribution in [-0.2, 0) is 0 Å². The van der Waals surface area contributed by atoms with Crippen LogP contribution in [0.15, 0.2) is 22.8 Å². The SMILES string of the molecule is Cc1c[nH]c(=S)n1-c1ccc(Br)c(Cl)c1Cl. The van der Waals surface area contributed by atoms with E-state index in [4.69, 9.17) is 35.4 Å². The molecule has 0 amide bonds. The lowest BCUT2D eigenvalue weighted by Gasteiger charge is -2.09. The van der Waals surface area contributed by atoms with Gasteiger partial charge in [-0.15, -0.1) is 0 Å². The average molecular weight is 338 g/mol. The van der Waals surface area contributed by atoms with Gasteiger partial charge < -0.3 is 4.98 Å². The summed E-state index contributed by atoms with van der Waals surface area (Å²) in [6, 6.07) is 3.71. The Morgan fingerprint density at radius 2 is 2.00 bits per heavy atom. The Hall–Kier alpha value is -0.290. The van der Waals surface area contributed by atoms with E-state index in [1.807, 2.05) is 29.8 Å². The summed E-state index contributed by atoms with van der Waals surface area (Å²) in [4.78, 5) is 2.96. The summed E-state index contributed by atoms with van der Waals surface area (Å²) in [6.45, 7) is 1.94. The molecule has 1 N–H and O–H groups in total. The lowest BCUT2D eigenvalue weighted by Crippen LogP contribution is -1.97. The first-order valence-electron chi connectivity index (χ1n) is 4.43. The highest BCUT2D eigenvalue weighted by Gasteiger charge is 2.12. The first-order chi connectivity index (χ1) is 7.52. The summed E-state index contributed by atoms with van der Waals surface area (Å²) < 4.78 is 3.20. The fraction of sp³-hybridized carbons (Fsp3) is 0.100. The molecule has 0 saturated carbocycles. The molecule has 0 aliphatic carbocycles. The van der Waals surface area contributed by atoms with Gasteiger partial charge in [-0.2, -0.15) is 0 Å². The molecule has 84 valence electrons. The minimum Gasteiger partial charge on any atom is -0.337 e. The Labute approximate surface area is 116 Å². The summed E-state index contributed by atoms with van der Waals surface area (Å²) in [6.07, 6.45) is 1.83. The number of aromatic amines is 1. The van der Waals surface area contributed by atoms with Gasteiger partial charge in [0.25, 0.3) is 0 Å². The van der Waals surface area contributed by atoms with Crippen LogP contribution in [0.5, 0.6) is 0 Å². The average Bonchev–Trinajstić information content (AvgIpc) is 2.57. The maximum absolute atomic E-state index is 6.19. The van der Waals surface area contributed by atoms with E-state index in [-0.39, 0.29) is 0 Å². The van der Waals surface area contributed by atoms with Crippen molar-refractivity contribution in [3.05, 3.63) is 43.3 Å². The summed E-state index contributed by atoms with van der Waals surface area (Å²) in [5.41, 5.74) is 1.75. The highest BCUT2D eigenvalue weighted by atomic mass is 79.9. The van der Waals surface area contributed by atoms with Crippen LogP contribution in [0.4, 0.5) is 0 Å². The van der Waals surface area contributed by atoms with Gasteiger partial charge in [-0.3, -0.25) is 4.57 Å². The quantitative estimate of drug-likeness (QED) is 0.579. The van der Waals surface area contributed by atoms with E-state index >= 15 is 0 Å². The van der Waals surface area contributed by atoms with Crippen molar-refractivity contribution in [2.45, 2.75) is 6.92 Å². The monoisotopic (exact) mass is 336 g/mol. The Balaban J connectivity index is 2.76. The molecule has 0 unspecified atom stereocenters. The van der Waals surface area contributed by atoms with Crippen molar-refractivity contribution in [3.63, 3.8) is 0 Å². The summed E-state index contributed by atoms with van der Waals surface area (Å²) in [5.74, 6) is 0. The van der Waals surface area contributed by atoms with E-state index in [2.05, 4.69) is 20.9 Å². The van der Waals surface area contributed by atoms with Crippen molar-refractivity contribution in [2.75, 3.05) is 0 Å². The maximum Gasteiger partial charge on any atom is 0.182 e. The highest BCUT2D eigenvalue weighted by molar-refractivity contribution is 9.10. The zero-order valence-electron chi connectivity index (χ0n) is 8.22. The van der Waals surface area contributed by atoms with E-state index in [1.54, 1.807) is 0 Å². The van der Waals surface area contributed by atoms with E-state index in [1.165, 1.54) is 0 Å². The number of hydrogen-bond acceptors (Lipinski definition) is 1. The van der Waals surface area contributed by atoms with Gasteiger partial charge >= 0.3 is 0 Å². The van der Waals surface area contributed by atoms with Gasteiger partial charge in [0.15, 0.2) is 4.77 Å². The van der Waals surface area contributed by atoms with Crippen LogP contribution in [-0.4, -0.2) is 9.55 Å². The smallest absolute Gasteiger partial charge is 0.182 e. The molecule has 0 spiro atoms. The number of imidazole rings is 1. The Morgan fingerprint density at radius 1 is 1.31 bits per heavy atom. The molecule has 1 aromatic carbocycles. The lowest BCUT2D eigenvalue weighted by molar-refractivity contribution is 0.985. The standard InChI is InChI=1S/C10H7BrCl2N2S/c1-5-4-14-10(16)15(5)7-3-2-6(11)8(12)9(7)13/h2-4H,1H3,(H,14,16). The maximum atomic E-state index is 6.19. The minimum absolute atomic E-state index is 0.481. The third kappa shape index (κ3) is 1.95. The lowest BCUT2D eigenvalue weighted by atomic mass is 10.3. The second-order valence-corrected chi connectivity index (χ2v) is 5.26. The van der Waals surface area contributed by atoms with Gasteiger partial charge in [0.05, 0.1) is 15.7 Å². The topological polar surface area (TPSA) is 20.7 Å². The van der Waals surface area contributed by atoms with Crippen molar-refractivity contribution in [2.24, 2.45) is 0 Å². The van der Waals surface area contributed by atoms with Crippen LogP contribution in [0.25, 0.3) is 5.69 Å². The van der Waals surface area contributed by atoms with Gasteiger partial charge in [0.1, 0.15) is 0 Å². The molecular weight excluding hydrogens is 331 g/mol. The highest BCUT2D eigenvalue weighted by Crippen LogP contribution is 2.35. The molecule has 0 fully saturated rings. The van der Waals surface area contributed by atoms with Crippen LogP contribution in [0.3, 0.4) is 0 Å². The van der Waals surface area contributed by atoms with Crippen molar-refractivity contribution >= 4 is 51.3 Å². The molecule has 0 saturated heterocycles. The number of rotatable bonds is 1. The summed E-state index contributed by atoms with van der Waals surface area (Å²) in [7, 11) is 0. The van der Waals surface area contributed by atoms with Gasteiger partial charge in [0, 0.05) is 16.4 Å². The van der Waals surface area contributed by atoms with Gasteiger partial charge in [-0.25, -0.2) is 0 Å². The zero-order valence-corrected chi connectivity index (χ0v) is 12.1. The van der Waals surface area contributed by atoms with E-state index in [9.17, 15) is 0 Å². The molecule has 0 radical (unpaired) electrons. The van der Waals surface area contributed by atoms with E-state index in [0.29, 0.717) is 14.8 Å². The molecule has 1 heterocycles. The molecule has 0 aliphatic heterocycles. The summed E-state index contributed by atoms with van der Waals surface area (Å²) in [5, 5.41) is 0.969. The largest absolute Gasteiger partial charge is 0.337 e. The van der Waals surface area contributed by atoms with Crippen LogP contribution in [0.2, 0.25) is 10.0 Å². The number of hydrogen-bond donors (Lipinski definition) is 1. The van der Waals surface area contributed by atoms with Crippen molar-refractivity contribution < 1.29 is 0 Å². The van der Waals surface area contributed by atoms with Crippen LogP contribution in [0.1, 0.15) is 5.69 Å². The Kier molecular flexibility index (Phi) is 3.45. The molecule has 2 nitrogen and oxygen atoms in total. The van der Waals surface area contributed by atoms with Gasteiger partial charge in [0.2, 0.25) is 0 Å². The third-order valence-corrected chi connectivity index (χ3v) is 4.28. The molecule has 16 heavy (non-hydrogen) atoms. The first-order valence-corrected chi connectivity index (χ1v) is 6.39. The molecule has 2 rings (SSSR count). The zero-order chi connectivity index (χ0) is 11.9. The number of aromatic nitrogens is 2. The fourth-order valence-electron chi connectivity index (χ4n) is 1.44. The molecule has 0 bridgehead atoms. The number of benzene rings is 1. The predicted molar refractivity (Wildman–Crippen MR) is 73.4 cm³/mol. The number of nitrogens with one attached hydrogen (secondary N) is 1. The van der Waals surface area contributed by atoms with Crippen LogP contribution >= 0.6 is 51.3 Å². The molecular formula is C10H7BrCl2N2S. The Morgan fingerprint density at radius 3 is 2.56 bits per heavy atom.